The van der Waals surface area contributed by atoms with Crippen molar-refractivity contribution in [2.24, 2.45) is 5.73 Å². The number of amides is 2. The smallest absolute Gasteiger partial charge is 0.330 e. The highest BCUT2D eigenvalue weighted by molar-refractivity contribution is 8.00. The van der Waals surface area contributed by atoms with Gasteiger partial charge in [-0.1, -0.05) is 30.3 Å². The van der Waals surface area contributed by atoms with Crippen LogP contribution in [0.2, 0.25) is 0 Å². The molecule has 3 rings (SSSR count). The van der Waals surface area contributed by atoms with Gasteiger partial charge in [0.05, 0.1) is 0 Å². The maximum atomic E-state index is 12.5. The second-order valence-electron chi connectivity index (χ2n) is 6.27. The molecular formula is C17H19N3O6S. The zero-order valence-corrected chi connectivity index (χ0v) is 15.2. The molecule has 2 saturated heterocycles. The van der Waals surface area contributed by atoms with Gasteiger partial charge in [0.1, 0.15) is 23.6 Å². The van der Waals surface area contributed by atoms with Crippen LogP contribution < -0.4 is 11.1 Å². The molecule has 10 heteroatoms. The summed E-state index contributed by atoms with van der Waals surface area (Å²) < 4.78 is 5.04. The van der Waals surface area contributed by atoms with Gasteiger partial charge in [0.2, 0.25) is 11.8 Å². The summed E-state index contributed by atoms with van der Waals surface area (Å²) in [5.41, 5.74) is 6.54. The van der Waals surface area contributed by atoms with Crippen LogP contribution in [-0.4, -0.2) is 63.1 Å². The molecule has 2 aliphatic heterocycles. The molecule has 1 unspecified atom stereocenters. The third-order valence-electron chi connectivity index (χ3n) is 4.47. The Labute approximate surface area is 159 Å². The van der Waals surface area contributed by atoms with Gasteiger partial charge in [-0.2, -0.15) is 0 Å². The quantitative estimate of drug-likeness (QED) is 0.448. The molecule has 0 bridgehead atoms. The van der Waals surface area contributed by atoms with Gasteiger partial charge in [-0.3, -0.25) is 14.4 Å². The highest BCUT2D eigenvalue weighted by Gasteiger charge is 2.59. The van der Waals surface area contributed by atoms with Crippen LogP contribution in [0.15, 0.2) is 30.3 Å². The van der Waals surface area contributed by atoms with E-state index in [1.165, 1.54) is 18.7 Å². The Balaban J connectivity index is 1.69. The third kappa shape index (κ3) is 3.62. The first kappa shape index (κ1) is 19.2. The number of ether oxygens (including phenoxy) is 1. The van der Waals surface area contributed by atoms with Crippen molar-refractivity contribution in [2.45, 2.75) is 36.5 Å². The molecule has 5 atom stereocenters. The lowest BCUT2D eigenvalue weighted by Gasteiger charge is -2.53. The van der Waals surface area contributed by atoms with Crippen molar-refractivity contribution in [2.75, 3.05) is 5.75 Å². The summed E-state index contributed by atoms with van der Waals surface area (Å²) in [4.78, 5) is 48.8. The van der Waals surface area contributed by atoms with E-state index in [1.807, 2.05) is 0 Å². The SMILES string of the molecule is CC(=O)OC1CS[C@H]2[C@H](NC(=O)[C@@H](N)c3ccccc3)C(=O)N2[C@H]1C(=O)O. The Hall–Kier alpha value is -2.59. The minimum atomic E-state index is -1.27. The Morgan fingerprint density at radius 2 is 2.00 bits per heavy atom. The first-order valence-corrected chi connectivity index (χ1v) is 9.31. The van der Waals surface area contributed by atoms with Gasteiger partial charge in [-0.25, -0.2) is 4.79 Å². The van der Waals surface area contributed by atoms with E-state index in [2.05, 4.69) is 5.32 Å². The van der Waals surface area contributed by atoms with Gasteiger partial charge in [-0.05, 0) is 5.56 Å². The van der Waals surface area contributed by atoms with E-state index < -0.39 is 53.4 Å². The van der Waals surface area contributed by atoms with Gasteiger partial charge in [-0.15, -0.1) is 11.8 Å². The van der Waals surface area contributed by atoms with Crippen molar-refractivity contribution in [3.8, 4) is 0 Å². The number of carboxylic acid groups (broad SMARTS) is 1. The fourth-order valence-corrected chi connectivity index (χ4v) is 4.61. The first-order valence-electron chi connectivity index (χ1n) is 8.26. The molecule has 2 aliphatic rings. The highest BCUT2D eigenvalue weighted by atomic mass is 32.2. The van der Waals surface area contributed by atoms with Crippen molar-refractivity contribution in [1.82, 2.24) is 10.2 Å². The molecule has 144 valence electrons. The van der Waals surface area contributed by atoms with E-state index in [0.29, 0.717) is 5.56 Å². The Kier molecular flexibility index (Phi) is 5.38. The Morgan fingerprint density at radius 3 is 2.59 bits per heavy atom. The minimum Gasteiger partial charge on any atom is -0.480 e. The van der Waals surface area contributed by atoms with E-state index in [0.717, 1.165) is 4.90 Å². The number of nitrogens with two attached hydrogens (primary N) is 1. The number of thioether (sulfide) groups is 1. The largest absolute Gasteiger partial charge is 0.480 e. The number of carboxylic acids is 1. The summed E-state index contributed by atoms with van der Waals surface area (Å²) in [6.07, 6.45) is -0.937. The Bertz CT molecular complexity index is 773. The van der Waals surface area contributed by atoms with Crippen LogP contribution in [0, 0.1) is 0 Å². The summed E-state index contributed by atoms with van der Waals surface area (Å²) in [7, 11) is 0. The van der Waals surface area contributed by atoms with Gasteiger partial charge in [0.25, 0.3) is 0 Å². The molecule has 0 spiro atoms. The van der Waals surface area contributed by atoms with E-state index in [9.17, 15) is 24.3 Å². The van der Waals surface area contributed by atoms with Crippen LogP contribution in [0.4, 0.5) is 0 Å². The number of carbonyl (C=O) groups is 4. The molecule has 2 heterocycles. The summed E-state index contributed by atoms with van der Waals surface area (Å²) in [5.74, 6) is -2.72. The van der Waals surface area contributed by atoms with Crippen LogP contribution in [0.5, 0.6) is 0 Å². The molecule has 0 saturated carbocycles. The van der Waals surface area contributed by atoms with E-state index in [-0.39, 0.29) is 5.75 Å². The number of benzene rings is 1. The molecule has 2 amide bonds. The molecule has 1 aromatic carbocycles. The third-order valence-corrected chi connectivity index (χ3v) is 5.83. The maximum Gasteiger partial charge on any atom is 0.330 e. The number of β-lactam (4-membered cyclic amide) rings is 1. The molecule has 0 radical (unpaired) electrons. The van der Waals surface area contributed by atoms with Crippen molar-refractivity contribution in [1.29, 1.82) is 0 Å². The van der Waals surface area contributed by atoms with E-state index >= 15 is 0 Å². The van der Waals surface area contributed by atoms with Gasteiger partial charge in [0, 0.05) is 12.7 Å². The molecule has 1 aromatic rings. The van der Waals surface area contributed by atoms with Crippen LogP contribution in [0.25, 0.3) is 0 Å². The van der Waals surface area contributed by atoms with Crippen LogP contribution >= 0.6 is 11.8 Å². The number of aliphatic carboxylic acids is 1. The number of esters is 1. The van der Waals surface area contributed by atoms with Crippen LogP contribution in [0.3, 0.4) is 0 Å². The van der Waals surface area contributed by atoms with E-state index in [1.54, 1.807) is 30.3 Å². The average Bonchev–Trinajstić information content (AvgIpc) is 2.64. The lowest BCUT2D eigenvalue weighted by atomic mass is 9.98. The molecule has 0 aromatic heterocycles. The topological polar surface area (TPSA) is 139 Å². The van der Waals surface area contributed by atoms with Crippen molar-refractivity contribution < 1.29 is 29.0 Å². The summed E-state index contributed by atoms with van der Waals surface area (Å²) in [6, 6.07) is 5.64. The van der Waals surface area contributed by atoms with Gasteiger partial charge >= 0.3 is 11.9 Å². The van der Waals surface area contributed by atoms with Crippen LogP contribution in [0.1, 0.15) is 18.5 Å². The molecule has 4 N–H and O–H groups in total. The monoisotopic (exact) mass is 393 g/mol. The summed E-state index contributed by atoms with van der Waals surface area (Å²) in [6.45, 7) is 1.18. The molecular weight excluding hydrogens is 374 g/mol. The number of fused-ring (bicyclic) bond motifs is 1. The number of rotatable bonds is 5. The zero-order valence-electron chi connectivity index (χ0n) is 14.4. The normalized spacial score (nSPS) is 27.8. The number of hydrogen-bond donors (Lipinski definition) is 3. The Morgan fingerprint density at radius 1 is 1.33 bits per heavy atom. The molecule has 9 nitrogen and oxygen atoms in total. The first-order chi connectivity index (χ1) is 12.8. The predicted octanol–water partition coefficient (Wildman–Crippen LogP) is -0.529. The number of carbonyl (C=O) groups excluding carboxylic acids is 3. The predicted molar refractivity (Wildman–Crippen MR) is 95.4 cm³/mol. The minimum absolute atomic E-state index is 0.210. The average molecular weight is 393 g/mol. The standard InChI is InChI=1S/C17H19N3O6S/c1-8(21)26-10-7-27-16-12(15(23)20(16)13(10)17(24)25)19-14(22)11(18)9-5-3-2-4-6-9/h2-6,10-13,16H,7,18H2,1H3,(H,19,22)(H,24,25)/t10?,11-,12+,13+,16-/m0/s1. The number of hydrogen-bond acceptors (Lipinski definition) is 7. The van der Waals surface area contributed by atoms with E-state index in [4.69, 9.17) is 10.5 Å². The van der Waals surface area contributed by atoms with Crippen molar-refractivity contribution >= 4 is 35.5 Å². The number of nitrogens with zero attached hydrogens (tertiary/aromatic N) is 1. The fraction of sp³-hybridized carbons (Fsp3) is 0.412. The lowest BCUT2D eigenvalue weighted by Crippen LogP contribution is -2.77. The molecule has 0 aliphatic carbocycles. The van der Waals surface area contributed by atoms with Crippen molar-refractivity contribution in [3.05, 3.63) is 35.9 Å². The fourth-order valence-electron chi connectivity index (χ4n) is 3.20. The van der Waals surface area contributed by atoms with Gasteiger partial charge < -0.3 is 25.8 Å². The van der Waals surface area contributed by atoms with Crippen molar-refractivity contribution in [3.63, 3.8) is 0 Å². The zero-order chi connectivity index (χ0) is 19.7. The van der Waals surface area contributed by atoms with Gasteiger partial charge in [0.15, 0.2) is 6.04 Å². The lowest BCUT2D eigenvalue weighted by molar-refractivity contribution is -0.173. The maximum absolute atomic E-state index is 12.5. The van der Waals surface area contributed by atoms with Crippen LogP contribution in [-0.2, 0) is 23.9 Å². The second kappa shape index (κ2) is 7.57. The number of nitrogens with one attached hydrogen (secondary N) is 1. The summed E-state index contributed by atoms with van der Waals surface area (Å²) in [5, 5.41) is 11.5. The summed E-state index contributed by atoms with van der Waals surface area (Å²) >= 11 is 1.25. The molecule has 27 heavy (non-hydrogen) atoms. The highest BCUT2D eigenvalue weighted by Crippen LogP contribution is 2.39. The molecule has 2 fully saturated rings. The second-order valence-corrected chi connectivity index (χ2v) is 7.42.